The first-order valence-electron chi connectivity index (χ1n) is 5.87. The zero-order valence-corrected chi connectivity index (χ0v) is 10.9. The van der Waals surface area contributed by atoms with E-state index < -0.39 is 0 Å². The highest BCUT2D eigenvalue weighted by molar-refractivity contribution is 6.32. The molecule has 0 bridgehead atoms. The SMILES string of the molecule is CCCC(CC)NC(=O)c1ccc(O)c(Cl)c1. The molecule has 0 heterocycles. The Morgan fingerprint density at radius 1 is 1.47 bits per heavy atom. The van der Waals surface area contributed by atoms with Gasteiger partial charge in [-0.25, -0.2) is 0 Å². The van der Waals surface area contributed by atoms with Crippen molar-refractivity contribution in [2.75, 3.05) is 0 Å². The van der Waals surface area contributed by atoms with Crippen molar-refractivity contribution in [1.82, 2.24) is 5.32 Å². The number of amides is 1. The molecular weight excluding hydrogens is 238 g/mol. The summed E-state index contributed by atoms with van der Waals surface area (Å²) >= 11 is 5.76. The van der Waals surface area contributed by atoms with Crippen LogP contribution < -0.4 is 5.32 Å². The van der Waals surface area contributed by atoms with Gasteiger partial charge in [-0.15, -0.1) is 0 Å². The summed E-state index contributed by atoms with van der Waals surface area (Å²) in [7, 11) is 0. The van der Waals surface area contributed by atoms with Gasteiger partial charge in [0.1, 0.15) is 5.75 Å². The van der Waals surface area contributed by atoms with Gasteiger partial charge in [-0.2, -0.15) is 0 Å². The Bertz CT molecular complexity index is 393. The Labute approximate surface area is 107 Å². The van der Waals surface area contributed by atoms with E-state index in [1.165, 1.54) is 12.1 Å². The van der Waals surface area contributed by atoms with Crippen molar-refractivity contribution in [3.8, 4) is 5.75 Å². The fourth-order valence-electron chi connectivity index (χ4n) is 1.64. The molecule has 1 amide bonds. The van der Waals surface area contributed by atoms with E-state index in [1.54, 1.807) is 6.07 Å². The molecular formula is C13H18ClNO2. The molecule has 2 N–H and O–H groups in total. The van der Waals surface area contributed by atoms with Crippen LogP contribution in [0.2, 0.25) is 5.02 Å². The first-order chi connectivity index (χ1) is 8.08. The fourth-order valence-corrected chi connectivity index (χ4v) is 1.82. The fraction of sp³-hybridized carbons (Fsp3) is 0.462. The van der Waals surface area contributed by atoms with Crippen molar-refractivity contribution >= 4 is 17.5 Å². The van der Waals surface area contributed by atoms with E-state index in [0.717, 1.165) is 19.3 Å². The van der Waals surface area contributed by atoms with Gasteiger partial charge in [-0.3, -0.25) is 4.79 Å². The monoisotopic (exact) mass is 255 g/mol. The second kappa shape index (κ2) is 6.50. The van der Waals surface area contributed by atoms with Crippen molar-refractivity contribution in [2.45, 2.75) is 39.2 Å². The van der Waals surface area contributed by atoms with Crippen LogP contribution in [0.4, 0.5) is 0 Å². The molecule has 0 aromatic heterocycles. The Morgan fingerprint density at radius 2 is 2.18 bits per heavy atom. The normalized spacial score (nSPS) is 12.2. The summed E-state index contributed by atoms with van der Waals surface area (Å²) < 4.78 is 0. The van der Waals surface area contributed by atoms with Gasteiger partial charge in [0.2, 0.25) is 0 Å². The zero-order chi connectivity index (χ0) is 12.8. The van der Waals surface area contributed by atoms with Crippen LogP contribution in [0.1, 0.15) is 43.5 Å². The molecule has 0 saturated heterocycles. The van der Waals surface area contributed by atoms with Crippen LogP contribution in [0.5, 0.6) is 5.75 Å². The van der Waals surface area contributed by atoms with Gasteiger partial charge in [0.15, 0.2) is 0 Å². The van der Waals surface area contributed by atoms with Gasteiger partial charge in [0.05, 0.1) is 5.02 Å². The summed E-state index contributed by atoms with van der Waals surface area (Å²) in [5.74, 6) is -0.156. The van der Waals surface area contributed by atoms with Gasteiger partial charge < -0.3 is 10.4 Å². The summed E-state index contributed by atoms with van der Waals surface area (Å²) in [6.07, 6.45) is 2.91. The van der Waals surface area contributed by atoms with Crippen molar-refractivity contribution in [3.05, 3.63) is 28.8 Å². The number of aromatic hydroxyl groups is 1. The molecule has 0 fully saturated rings. The lowest BCUT2D eigenvalue weighted by molar-refractivity contribution is 0.0933. The molecule has 1 aromatic carbocycles. The van der Waals surface area contributed by atoms with Crippen molar-refractivity contribution < 1.29 is 9.90 Å². The third-order valence-corrected chi connectivity index (χ3v) is 2.98. The van der Waals surface area contributed by atoms with Crippen molar-refractivity contribution in [1.29, 1.82) is 0 Å². The van der Waals surface area contributed by atoms with Crippen molar-refractivity contribution in [3.63, 3.8) is 0 Å². The lowest BCUT2D eigenvalue weighted by atomic mass is 10.1. The molecule has 1 atom stereocenters. The number of nitrogens with one attached hydrogen (secondary N) is 1. The maximum absolute atomic E-state index is 11.9. The largest absolute Gasteiger partial charge is 0.506 e. The minimum Gasteiger partial charge on any atom is -0.506 e. The molecule has 1 unspecified atom stereocenters. The Morgan fingerprint density at radius 3 is 2.71 bits per heavy atom. The minimum atomic E-state index is -0.146. The van der Waals surface area contributed by atoms with E-state index in [1.807, 2.05) is 6.92 Å². The van der Waals surface area contributed by atoms with Crippen LogP contribution in [0.25, 0.3) is 0 Å². The number of hydrogen-bond acceptors (Lipinski definition) is 2. The third kappa shape index (κ3) is 3.93. The molecule has 17 heavy (non-hydrogen) atoms. The zero-order valence-electron chi connectivity index (χ0n) is 10.2. The molecule has 3 nitrogen and oxygen atoms in total. The van der Waals surface area contributed by atoms with Gasteiger partial charge in [0.25, 0.3) is 5.91 Å². The topological polar surface area (TPSA) is 49.3 Å². The van der Waals surface area contributed by atoms with Crippen LogP contribution in [-0.2, 0) is 0 Å². The van der Waals surface area contributed by atoms with Gasteiger partial charge in [0, 0.05) is 11.6 Å². The highest BCUT2D eigenvalue weighted by atomic mass is 35.5. The smallest absolute Gasteiger partial charge is 0.251 e. The second-order valence-corrected chi connectivity index (χ2v) is 4.44. The lowest BCUT2D eigenvalue weighted by Gasteiger charge is -2.16. The van der Waals surface area contributed by atoms with E-state index in [2.05, 4.69) is 12.2 Å². The summed E-state index contributed by atoms with van der Waals surface area (Å²) in [6, 6.07) is 4.66. The summed E-state index contributed by atoms with van der Waals surface area (Å²) in [4.78, 5) is 11.9. The molecule has 94 valence electrons. The molecule has 4 heteroatoms. The number of carbonyl (C=O) groups is 1. The maximum Gasteiger partial charge on any atom is 0.251 e. The minimum absolute atomic E-state index is 0.0104. The number of rotatable bonds is 5. The van der Waals surface area contributed by atoms with Crippen LogP contribution in [0, 0.1) is 0 Å². The number of hydrogen-bond donors (Lipinski definition) is 2. The molecule has 0 saturated carbocycles. The number of benzene rings is 1. The molecule has 0 aliphatic rings. The summed E-state index contributed by atoms with van der Waals surface area (Å²) in [5.41, 5.74) is 0.474. The van der Waals surface area contributed by atoms with E-state index in [-0.39, 0.29) is 22.7 Å². The van der Waals surface area contributed by atoms with Crippen LogP contribution in [0.3, 0.4) is 0 Å². The second-order valence-electron chi connectivity index (χ2n) is 4.03. The predicted molar refractivity (Wildman–Crippen MR) is 69.6 cm³/mol. The number of carbonyl (C=O) groups excluding carboxylic acids is 1. The standard InChI is InChI=1S/C13H18ClNO2/c1-3-5-10(4-2)15-13(17)9-6-7-12(16)11(14)8-9/h6-8,10,16H,3-5H2,1-2H3,(H,15,17). The Hall–Kier alpha value is -1.22. The van der Waals surface area contributed by atoms with Crippen LogP contribution >= 0.6 is 11.6 Å². The highest BCUT2D eigenvalue weighted by Crippen LogP contribution is 2.23. The molecule has 1 rings (SSSR count). The van der Waals surface area contributed by atoms with Crippen molar-refractivity contribution in [2.24, 2.45) is 0 Å². The number of phenolic OH excluding ortho intramolecular Hbond substituents is 1. The highest BCUT2D eigenvalue weighted by Gasteiger charge is 2.12. The summed E-state index contributed by atoms with van der Waals surface area (Å²) in [5, 5.41) is 12.4. The predicted octanol–water partition coefficient (Wildman–Crippen LogP) is 3.35. The quantitative estimate of drug-likeness (QED) is 0.848. The van der Waals surface area contributed by atoms with Crippen LogP contribution in [0.15, 0.2) is 18.2 Å². The lowest BCUT2D eigenvalue weighted by Crippen LogP contribution is -2.34. The first-order valence-corrected chi connectivity index (χ1v) is 6.25. The number of phenols is 1. The molecule has 0 spiro atoms. The van der Waals surface area contributed by atoms with Crippen LogP contribution in [-0.4, -0.2) is 17.1 Å². The van der Waals surface area contributed by atoms with E-state index in [4.69, 9.17) is 11.6 Å². The van der Waals surface area contributed by atoms with Gasteiger partial charge in [-0.05, 0) is 31.0 Å². The summed E-state index contributed by atoms with van der Waals surface area (Å²) in [6.45, 7) is 4.14. The molecule has 0 aliphatic carbocycles. The van der Waals surface area contributed by atoms with E-state index in [0.29, 0.717) is 5.56 Å². The van der Waals surface area contributed by atoms with Gasteiger partial charge >= 0.3 is 0 Å². The van der Waals surface area contributed by atoms with Gasteiger partial charge in [-0.1, -0.05) is 31.9 Å². The molecule has 0 radical (unpaired) electrons. The first kappa shape index (κ1) is 13.8. The average Bonchev–Trinajstić information content (AvgIpc) is 2.31. The third-order valence-electron chi connectivity index (χ3n) is 2.68. The number of halogens is 1. The molecule has 0 aliphatic heterocycles. The molecule has 1 aromatic rings. The van der Waals surface area contributed by atoms with E-state index in [9.17, 15) is 9.90 Å². The van der Waals surface area contributed by atoms with E-state index >= 15 is 0 Å². The Balaban J connectivity index is 2.72. The average molecular weight is 256 g/mol. The Kier molecular flexibility index (Phi) is 5.29. The maximum atomic E-state index is 11.9.